The fourth-order valence-corrected chi connectivity index (χ4v) is 3.46. The van der Waals surface area contributed by atoms with Crippen molar-refractivity contribution in [1.29, 1.82) is 0 Å². The minimum absolute atomic E-state index is 0.0293. The minimum atomic E-state index is -0.828. The molecule has 0 spiro atoms. The molecule has 1 N–H and O–H groups in total. The average Bonchev–Trinajstić information content (AvgIpc) is 2.64. The number of imidazole rings is 1. The van der Waals surface area contributed by atoms with Crippen LogP contribution in [-0.4, -0.2) is 20.6 Å². The number of rotatable bonds is 3. The van der Waals surface area contributed by atoms with E-state index in [9.17, 15) is 9.90 Å². The topological polar surface area (TPSA) is 55.1 Å². The molecule has 4 nitrogen and oxygen atoms in total. The molecule has 3 rings (SSSR count). The van der Waals surface area contributed by atoms with Crippen molar-refractivity contribution in [2.24, 2.45) is 10.8 Å². The van der Waals surface area contributed by atoms with Crippen molar-refractivity contribution in [3.63, 3.8) is 0 Å². The molecule has 2 aromatic rings. The highest BCUT2D eigenvalue weighted by molar-refractivity contribution is 5.78. The molecule has 0 atom stereocenters. The van der Waals surface area contributed by atoms with E-state index < -0.39 is 5.97 Å². The van der Waals surface area contributed by atoms with Gasteiger partial charge in [-0.3, -0.25) is 4.79 Å². The molecule has 0 radical (unpaired) electrons. The zero-order valence-corrected chi connectivity index (χ0v) is 12.3. The first kappa shape index (κ1) is 13.2. The third kappa shape index (κ3) is 1.60. The lowest BCUT2D eigenvalue weighted by Gasteiger charge is -2.07. The predicted molar refractivity (Wildman–Crippen MR) is 77.7 cm³/mol. The number of hydrogen-bond acceptors (Lipinski definition) is 2. The number of hydrogen-bond donors (Lipinski definition) is 1. The smallest absolute Gasteiger partial charge is 0.323 e. The Morgan fingerprint density at radius 3 is 2.40 bits per heavy atom. The van der Waals surface area contributed by atoms with E-state index in [0.29, 0.717) is 5.92 Å². The van der Waals surface area contributed by atoms with Gasteiger partial charge in [-0.2, -0.15) is 0 Å². The molecule has 1 aliphatic rings. The van der Waals surface area contributed by atoms with Crippen LogP contribution in [0, 0.1) is 10.8 Å². The van der Waals surface area contributed by atoms with E-state index in [1.165, 1.54) is 0 Å². The SMILES string of the molecule is CC1(C)C(c2nc3ccccc3n2CC(=O)O)C1(C)C. The fourth-order valence-electron chi connectivity index (χ4n) is 3.46. The Morgan fingerprint density at radius 1 is 1.25 bits per heavy atom. The maximum atomic E-state index is 11.2. The summed E-state index contributed by atoms with van der Waals surface area (Å²) in [7, 11) is 0. The van der Waals surface area contributed by atoms with Gasteiger partial charge in [0, 0.05) is 5.92 Å². The normalized spacial score (nSPS) is 20.2. The molecule has 20 heavy (non-hydrogen) atoms. The van der Waals surface area contributed by atoms with Gasteiger partial charge in [0.1, 0.15) is 12.4 Å². The number of nitrogens with zero attached hydrogens (tertiary/aromatic N) is 2. The number of aromatic nitrogens is 2. The number of para-hydroxylation sites is 2. The molecule has 0 saturated heterocycles. The van der Waals surface area contributed by atoms with Gasteiger partial charge in [0.25, 0.3) is 0 Å². The van der Waals surface area contributed by atoms with Crippen molar-refractivity contribution in [1.82, 2.24) is 9.55 Å². The monoisotopic (exact) mass is 272 g/mol. The molecule has 1 saturated carbocycles. The van der Waals surface area contributed by atoms with Gasteiger partial charge in [-0.1, -0.05) is 39.8 Å². The van der Waals surface area contributed by atoms with E-state index in [2.05, 4.69) is 27.7 Å². The van der Waals surface area contributed by atoms with Gasteiger partial charge in [-0.15, -0.1) is 0 Å². The lowest BCUT2D eigenvalue weighted by atomic mass is 10.0. The molecular formula is C16H20N2O2. The molecule has 4 heteroatoms. The first-order valence-corrected chi connectivity index (χ1v) is 6.94. The lowest BCUT2D eigenvalue weighted by molar-refractivity contribution is -0.137. The molecular weight excluding hydrogens is 252 g/mol. The summed E-state index contributed by atoms with van der Waals surface area (Å²) < 4.78 is 1.86. The summed E-state index contributed by atoms with van der Waals surface area (Å²) >= 11 is 0. The van der Waals surface area contributed by atoms with Crippen LogP contribution in [0.2, 0.25) is 0 Å². The summed E-state index contributed by atoms with van der Waals surface area (Å²) in [5.74, 6) is 0.371. The van der Waals surface area contributed by atoms with Crippen molar-refractivity contribution in [2.45, 2.75) is 40.2 Å². The summed E-state index contributed by atoms with van der Waals surface area (Å²) in [6.07, 6.45) is 0. The highest BCUT2D eigenvalue weighted by Gasteiger charge is 2.67. The molecule has 0 unspecified atom stereocenters. The largest absolute Gasteiger partial charge is 0.480 e. The number of benzene rings is 1. The van der Waals surface area contributed by atoms with Gasteiger partial charge in [-0.05, 0) is 23.0 Å². The summed E-state index contributed by atoms with van der Waals surface area (Å²) in [5, 5.41) is 9.18. The molecule has 1 aromatic carbocycles. The van der Waals surface area contributed by atoms with E-state index in [4.69, 9.17) is 4.98 Å². The minimum Gasteiger partial charge on any atom is -0.480 e. The average molecular weight is 272 g/mol. The van der Waals surface area contributed by atoms with Gasteiger partial charge in [0.05, 0.1) is 11.0 Å². The van der Waals surface area contributed by atoms with Gasteiger partial charge < -0.3 is 9.67 Å². The summed E-state index contributed by atoms with van der Waals surface area (Å²) in [4.78, 5) is 15.9. The van der Waals surface area contributed by atoms with Crippen LogP contribution in [0.4, 0.5) is 0 Å². The lowest BCUT2D eigenvalue weighted by Crippen LogP contribution is -2.12. The van der Waals surface area contributed by atoms with Crippen molar-refractivity contribution < 1.29 is 9.90 Å². The first-order chi connectivity index (χ1) is 9.26. The quantitative estimate of drug-likeness (QED) is 0.933. The van der Waals surface area contributed by atoms with E-state index >= 15 is 0 Å². The van der Waals surface area contributed by atoms with Crippen LogP contribution in [0.5, 0.6) is 0 Å². The molecule has 1 aromatic heterocycles. The van der Waals surface area contributed by atoms with Crippen LogP contribution < -0.4 is 0 Å². The summed E-state index contributed by atoms with van der Waals surface area (Å²) in [6, 6.07) is 7.75. The number of carboxylic acids is 1. The molecule has 1 fully saturated rings. The van der Waals surface area contributed by atoms with Crippen molar-refractivity contribution in [2.75, 3.05) is 0 Å². The van der Waals surface area contributed by atoms with Gasteiger partial charge in [0.15, 0.2) is 0 Å². The Labute approximate surface area is 118 Å². The fraction of sp³-hybridized carbons (Fsp3) is 0.500. The van der Waals surface area contributed by atoms with Gasteiger partial charge in [-0.25, -0.2) is 4.98 Å². The first-order valence-electron chi connectivity index (χ1n) is 6.94. The van der Waals surface area contributed by atoms with Crippen molar-refractivity contribution >= 4 is 17.0 Å². The number of fused-ring (bicyclic) bond motifs is 1. The van der Waals surface area contributed by atoms with E-state index in [1.54, 1.807) is 0 Å². The van der Waals surface area contributed by atoms with Crippen LogP contribution in [0.1, 0.15) is 39.4 Å². The predicted octanol–water partition coefficient (Wildman–Crippen LogP) is 3.27. The zero-order valence-electron chi connectivity index (χ0n) is 12.3. The van der Waals surface area contributed by atoms with E-state index in [1.807, 2.05) is 28.8 Å². The molecule has 0 aliphatic heterocycles. The number of carbonyl (C=O) groups is 1. The highest BCUT2D eigenvalue weighted by Crippen LogP contribution is 2.73. The van der Waals surface area contributed by atoms with Crippen LogP contribution in [0.25, 0.3) is 11.0 Å². The Kier molecular flexibility index (Phi) is 2.53. The number of aliphatic carboxylic acids is 1. The molecule has 0 amide bonds. The summed E-state index contributed by atoms with van der Waals surface area (Å²) in [6.45, 7) is 8.87. The van der Waals surface area contributed by atoms with E-state index in [0.717, 1.165) is 16.9 Å². The van der Waals surface area contributed by atoms with E-state index in [-0.39, 0.29) is 17.4 Å². The second-order valence-electron chi connectivity index (χ2n) is 6.81. The van der Waals surface area contributed by atoms with Crippen LogP contribution >= 0.6 is 0 Å². The Bertz CT molecular complexity index is 684. The van der Waals surface area contributed by atoms with Crippen molar-refractivity contribution in [3.05, 3.63) is 30.1 Å². The molecule has 1 heterocycles. The molecule has 106 valence electrons. The standard InChI is InChI=1S/C16H20N2O2/c1-15(2)13(16(15,3)4)14-17-10-7-5-6-8-11(10)18(14)9-12(19)20/h5-8,13H,9H2,1-4H3,(H,19,20). The molecule has 1 aliphatic carbocycles. The zero-order chi connectivity index (χ0) is 14.7. The number of carboxylic acid groups (broad SMARTS) is 1. The maximum Gasteiger partial charge on any atom is 0.323 e. The van der Waals surface area contributed by atoms with Gasteiger partial charge in [0.2, 0.25) is 0 Å². The Balaban J connectivity index is 2.18. The second kappa shape index (κ2) is 3.84. The highest BCUT2D eigenvalue weighted by atomic mass is 16.4. The maximum absolute atomic E-state index is 11.2. The van der Waals surface area contributed by atoms with Crippen molar-refractivity contribution in [3.8, 4) is 0 Å². The summed E-state index contributed by atoms with van der Waals surface area (Å²) in [5.41, 5.74) is 2.07. The van der Waals surface area contributed by atoms with Crippen LogP contribution in [0.3, 0.4) is 0 Å². The Morgan fingerprint density at radius 2 is 1.85 bits per heavy atom. The van der Waals surface area contributed by atoms with Gasteiger partial charge >= 0.3 is 5.97 Å². The molecule has 0 bridgehead atoms. The van der Waals surface area contributed by atoms with Crippen LogP contribution in [-0.2, 0) is 11.3 Å². The second-order valence-corrected chi connectivity index (χ2v) is 6.81. The van der Waals surface area contributed by atoms with Crippen LogP contribution in [0.15, 0.2) is 24.3 Å². The third-order valence-electron chi connectivity index (χ3n) is 5.26. The third-order valence-corrected chi connectivity index (χ3v) is 5.26. The Hall–Kier alpha value is -1.84.